The minimum atomic E-state index is -1.69. The fourth-order valence-corrected chi connectivity index (χ4v) is 12.0. The van der Waals surface area contributed by atoms with Crippen LogP contribution in [-0.4, -0.2) is 80.3 Å². The maximum Gasteiger partial charge on any atom is 0.293 e. The van der Waals surface area contributed by atoms with Gasteiger partial charge in [-0.1, -0.05) is 55.4 Å². The number of nitrogens with two attached hydrogens (primary N) is 1. The number of aliphatic carboxylic acids is 1. The van der Waals surface area contributed by atoms with E-state index in [1.807, 2.05) is 0 Å². The largest absolute Gasteiger partial charge is 0.545 e. The Kier molecular flexibility index (Phi) is 7.52. The summed E-state index contributed by atoms with van der Waals surface area (Å²) in [7, 11) is 1.74. The number of aliphatic hydroxyl groups excluding tert-OH is 1. The van der Waals surface area contributed by atoms with Crippen molar-refractivity contribution in [3.05, 3.63) is 47.6 Å². The second-order valence-corrected chi connectivity index (χ2v) is 14.9. The third-order valence-electron chi connectivity index (χ3n) is 13.5. The fourth-order valence-electron chi connectivity index (χ4n) is 12.0. The van der Waals surface area contributed by atoms with E-state index in [4.69, 9.17) is 10.5 Å². The summed E-state index contributed by atoms with van der Waals surface area (Å²) in [6.07, 6.45) is 19.6. The van der Waals surface area contributed by atoms with Crippen molar-refractivity contribution in [2.75, 3.05) is 46.4 Å². The number of nitrogens with one attached hydrogen (secondary N) is 2. The second-order valence-electron chi connectivity index (χ2n) is 14.9. The monoisotopic (exact) mass is 606 g/mol. The number of piperidine rings is 1. The number of rotatable bonds is 8. The van der Waals surface area contributed by atoms with Crippen molar-refractivity contribution < 1.29 is 29.8 Å². The van der Waals surface area contributed by atoms with Gasteiger partial charge in [0.05, 0.1) is 38.4 Å². The fraction of sp³-hybridized carbons (Fsp3) is 0.714. The number of hydrogen-bond donors (Lipinski definition) is 5. The van der Waals surface area contributed by atoms with Gasteiger partial charge in [-0.3, -0.25) is 4.90 Å². The number of guanidine groups is 1. The van der Waals surface area contributed by atoms with E-state index in [1.54, 1.807) is 7.05 Å². The molecule has 44 heavy (non-hydrogen) atoms. The molecular formula is C35H50N4O5. The lowest BCUT2D eigenvalue weighted by molar-refractivity contribution is -0.831. The van der Waals surface area contributed by atoms with Crippen LogP contribution in [0.3, 0.4) is 0 Å². The number of ether oxygens (including phenoxy) is 1. The first-order chi connectivity index (χ1) is 21.2. The van der Waals surface area contributed by atoms with Crippen LogP contribution < -0.4 is 21.1 Å². The zero-order valence-corrected chi connectivity index (χ0v) is 26.3. The molecule has 2 spiro atoms. The van der Waals surface area contributed by atoms with E-state index in [1.165, 1.54) is 0 Å². The summed E-state index contributed by atoms with van der Waals surface area (Å²) in [5.41, 5.74) is 4.63. The van der Waals surface area contributed by atoms with Crippen LogP contribution in [0.4, 0.5) is 0 Å². The van der Waals surface area contributed by atoms with Crippen molar-refractivity contribution in [1.82, 2.24) is 5.32 Å². The molecule has 6 N–H and O–H groups in total. The predicted molar refractivity (Wildman–Crippen MR) is 165 cm³/mol. The maximum absolute atomic E-state index is 13.3. The molecule has 1 aliphatic heterocycles. The zero-order valence-electron chi connectivity index (χ0n) is 26.3. The van der Waals surface area contributed by atoms with E-state index in [2.05, 4.69) is 53.7 Å². The molecule has 6 aliphatic carbocycles. The van der Waals surface area contributed by atoms with Gasteiger partial charge in [-0.05, 0) is 49.9 Å². The summed E-state index contributed by atoms with van der Waals surface area (Å²) in [6, 6.07) is 0. The van der Waals surface area contributed by atoms with E-state index < -0.39 is 22.9 Å². The van der Waals surface area contributed by atoms with Gasteiger partial charge in [-0.25, -0.2) is 4.99 Å². The summed E-state index contributed by atoms with van der Waals surface area (Å²) >= 11 is 0. The van der Waals surface area contributed by atoms with Gasteiger partial charge in [0.15, 0.2) is 0 Å². The van der Waals surface area contributed by atoms with Crippen molar-refractivity contribution in [3.8, 4) is 0 Å². The maximum atomic E-state index is 13.3. The average Bonchev–Trinajstić information content (AvgIpc) is 3.37. The number of quaternary nitrogens is 1. The van der Waals surface area contributed by atoms with E-state index in [-0.39, 0.29) is 53.5 Å². The van der Waals surface area contributed by atoms with Gasteiger partial charge >= 0.3 is 0 Å². The summed E-state index contributed by atoms with van der Waals surface area (Å²) in [6.45, 7) is 5.01. The molecule has 0 radical (unpaired) electrons. The lowest BCUT2D eigenvalue weighted by atomic mass is 9.36. The standard InChI is InChI=1S/C35H50N4O5/c1-22-10-11-24-18-26-29(30(41)42)33(43,21-44-27-9-5-7-23-6-3-4-8-25(23)27)28-12-13-32(19-38-15-17-40)14-16-39(31(36)37-2)20-34(24,32)35(22,26)28/h3-4,6,8,12-13,22-25,27-28,38,40,43H,5,7,9-11,14-21H2,1-2H3,(H2,36,37)(H,41,42)/t22-,23+,24-,25-,27+,28-,32-,33-,34-,35+/m1/s1. The van der Waals surface area contributed by atoms with Crippen molar-refractivity contribution in [1.29, 1.82) is 0 Å². The highest BCUT2D eigenvalue weighted by atomic mass is 16.5. The van der Waals surface area contributed by atoms with Crippen molar-refractivity contribution >= 4 is 11.9 Å². The first-order valence-corrected chi connectivity index (χ1v) is 16.9. The van der Waals surface area contributed by atoms with Crippen LogP contribution >= 0.6 is 0 Å². The summed E-state index contributed by atoms with van der Waals surface area (Å²) in [5.74, 6) is -0.0754. The first-order valence-electron chi connectivity index (χ1n) is 16.9. The molecule has 9 heteroatoms. The van der Waals surface area contributed by atoms with Crippen LogP contribution in [0.2, 0.25) is 0 Å². The normalized spacial score (nSPS) is 47.0. The van der Waals surface area contributed by atoms with Gasteiger partial charge in [0.1, 0.15) is 5.60 Å². The highest BCUT2D eigenvalue weighted by Crippen LogP contribution is 2.82. The van der Waals surface area contributed by atoms with Crippen LogP contribution in [0.25, 0.3) is 0 Å². The Bertz CT molecular complexity index is 1340. The Labute approximate surface area is 261 Å². The van der Waals surface area contributed by atoms with Gasteiger partial charge in [0.25, 0.3) is 5.96 Å². The molecule has 0 aromatic carbocycles. The predicted octanol–water partition coefficient (Wildman–Crippen LogP) is 0.115. The highest BCUT2D eigenvalue weighted by Gasteiger charge is 2.83. The molecule has 11 atom stereocenters. The number of carbonyl (C=O) groups excluding carboxylic acids is 1. The Morgan fingerprint density at radius 1 is 1.23 bits per heavy atom. The molecule has 0 aromatic heterocycles. The van der Waals surface area contributed by atoms with Crippen molar-refractivity contribution in [2.24, 2.45) is 56.6 Å². The third-order valence-corrected chi connectivity index (χ3v) is 13.5. The van der Waals surface area contributed by atoms with Gasteiger partial charge in [-0.2, -0.15) is 0 Å². The quantitative estimate of drug-likeness (QED) is 0.114. The number of allylic oxidation sites excluding steroid dienone is 4. The smallest absolute Gasteiger partial charge is 0.293 e. The molecule has 1 unspecified atom stereocenters. The second kappa shape index (κ2) is 10.9. The van der Waals surface area contributed by atoms with E-state index in [9.17, 15) is 20.1 Å². The SMILES string of the molecule is CN=C(N)[NH+]1CC[C@@]2(CNCCO)C=C[C@H]3[C@@]45C(=C(C(=O)[O-])[C@@]3(O)CO[C@H]3CCC[C@@H]6C=CC=C[C@@H]36)C[C@@H](CC[C@H]4C)[C@]25C1. The van der Waals surface area contributed by atoms with Crippen molar-refractivity contribution in [2.45, 2.75) is 63.6 Å². The van der Waals surface area contributed by atoms with Gasteiger partial charge in [-0.15, -0.1) is 0 Å². The molecule has 3 saturated carbocycles. The van der Waals surface area contributed by atoms with Crippen LogP contribution in [0.5, 0.6) is 0 Å². The summed E-state index contributed by atoms with van der Waals surface area (Å²) < 4.78 is 6.68. The Hall–Kier alpha value is -2.30. The van der Waals surface area contributed by atoms with E-state index >= 15 is 0 Å². The van der Waals surface area contributed by atoms with Crippen LogP contribution in [-0.2, 0) is 9.53 Å². The number of hydrogen-bond acceptors (Lipinski definition) is 7. The molecular weight excluding hydrogens is 556 g/mol. The molecule has 240 valence electrons. The minimum Gasteiger partial charge on any atom is -0.545 e. The number of aliphatic imine (C=N–C) groups is 1. The highest BCUT2D eigenvalue weighted by molar-refractivity contribution is 5.91. The molecule has 0 amide bonds. The topological polar surface area (TPSA) is 145 Å². The Morgan fingerprint density at radius 2 is 2.05 bits per heavy atom. The van der Waals surface area contributed by atoms with Crippen molar-refractivity contribution in [3.63, 3.8) is 0 Å². The van der Waals surface area contributed by atoms with Gasteiger partial charge < -0.3 is 35.9 Å². The van der Waals surface area contributed by atoms with Crippen LogP contribution in [0.15, 0.2) is 52.6 Å². The van der Waals surface area contributed by atoms with E-state index in [0.29, 0.717) is 31.4 Å². The molecule has 9 nitrogen and oxygen atoms in total. The summed E-state index contributed by atoms with van der Waals surface area (Å²) in [5, 5.41) is 39.4. The lowest BCUT2D eigenvalue weighted by Crippen LogP contribution is -3.19. The number of likely N-dealkylation sites (tertiary alicyclic amines) is 1. The number of carboxylic acids is 1. The number of fused-ring (bicyclic) bond motifs is 1. The van der Waals surface area contributed by atoms with Crippen LogP contribution in [0.1, 0.15) is 51.9 Å². The zero-order chi connectivity index (χ0) is 30.9. The minimum absolute atomic E-state index is 0.0539. The molecule has 4 fully saturated rings. The third kappa shape index (κ3) is 3.82. The van der Waals surface area contributed by atoms with Crippen LogP contribution in [0, 0.1) is 45.8 Å². The molecule has 1 heterocycles. The number of carboxylic acid groups (broad SMARTS) is 1. The van der Waals surface area contributed by atoms with Gasteiger partial charge in [0.2, 0.25) is 0 Å². The Balaban J connectivity index is 1.36. The number of aliphatic hydroxyl groups is 2. The molecule has 7 aliphatic rings. The summed E-state index contributed by atoms with van der Waals surface area (Å²) in [4.78, 5) is 18.8. The average molecular weight is 607 g/mol. The Morgan fingerprint density at radius 3 is 2.82 bits per heavy atom. The van der Waals surface area contributed by atoms with Gasteiger partial charge in [0, 0.05) is 60.2 Å². The lowest BCUT2D eigenvalue weighted by Gasteiger charge is -2.68. The molecule has 0 aromatic rings. The number of nitrogens with zero attached hydrogens (tertiary/aromatic N) is 1. The molecule has 2 bridgehead atoms. The molecule has 1 saturated heterocycles. The first kappa shape index (κ1) is 30.4. The van der Waals surface area contributed by atoms with E-state index in [0.717, 1.165) is 62.1 Å². The number of carbonyl (C=O) groups is 1. The molecule has 7 rings (SSSR count).